The second kappa shape index (κ2) is 4.48. The fourth-order valence-corrected chi connectivity index (χ4v) is 3.58. The van der Waals surface area contributed by atoms with Crippen molar-refractivity contribution >= 4 is 5.78 Å². The summed E-state index contributed by atoms with van der Waals surface area (Å²) in [5.74, 6) is 1.94. The summed E-state index contributed by atoms with van der Waals surface area (Å²) in [6, 6.07) is 0.619. The van der Waals surface area contributed by atoms with Gasteiger partial charge in [0.05, 0.1) is 0 Å². The largest absolute Gasteiger partial charge is 0.299 e. The number of hydrogen-bond acceptors (Lipinski definition) is 2. The van der Waals surface area contributed by atoms with Gasteiger partial charge in [-0.05, 0) is 51.0 Å². The number of hydrogen-bond donors (Lipinski definition) is 0. The molecule has 3 aliphatic rings. The zero-order chi connectivity index (χ0) is 11.0. The number of carbonyl (C=O) groups excluding carboxylic acids is 1. The van der Waals surface area contributed by atoms with E-state index in [0.29, 0.717) is 17.7 Å². The van der Waals surface area contributed by atoms with Crippen LogP contribution < -0.4 is 0 Å². The van der Waals surface area contributed by atoms with Gasteiger partial charge in [-0.1, -0.05) is 6.42 Å². The Hall–Kier alpha value is -0.370. The van der Waals surface area contributed by atoms with Crippen molar-refractivity contribution in [2.45, 2.75) is 57.4 Å². The highest BCUT2D eigenvalue weighted by atomic mass is 16.1. The van der Waals surface area contributed by atoms with Gasteiger partial charge in [0.15, 0.2) is 0 Å². The average molecular weight is 221 g/mol. The maximum Gasteiger partial charge on any atom is 0.137 e. The van der Waals surface area contributed by atoms with Gasteiger partial charge >= 0.3 is 0 Å². The number of ketones is 1. The van der Waals surface area contributed by atoms with Crippen molar-refractivity contribution in [1.29, 1.82) is 0 Å². The normalized spacial score (nSPS) is 36.9. The monoisotopic (exact) mass is 221 g/mol. The Morgan fingerprint density at radius 3 is 2.69 bits per heavy atom. The second-order valence-electron chi connectivity index (χ2n) is 5.97. The lowest BCUT2D eigenvalue weighted by Gasteiger charge is -2.33. The minimum Gasteiger partial charge on any atom is -0.299 e. The van der Waals surface area contributed by atoms with Crippen LogP contribution in [0.25, 0.3) is 0 Å². The van der Waals surface area contributed by atoms with Crippen molar-refractivity contribution in [2.75, 3.05) is 13.1 Å². The van der Waals surface area contributed by atoms with Crippen molar-refractivity contribution in [3.63, 3.8) is 0 Å². The Morgan fingerprint density at radius 1 is 1.06 bits per heavy atom. The third-order valence-corrected chi connectivity index (χ3v) is 4.67. The van der Waals surface area contributed by atoms with Crippen LogP contribution in [0.5, 0.6) is 0 Å². The van der Waals surface area contributed by atoms with Crippen LogP contribution in [0.1, 0.15) is 51.4 Å². The number of nitrogens with zero attached hydrogens (tertiary/aromatic N) is 1. The van der Waals surface area contributed by atoms with Crippen molar-refractivity contribution in [3.05, 3.63) is 0 Å². The molecule has 3 fully saturated rings. The standard InChI is InChI=1S/C14H23NO/c16-14-6-2-1-4-12(14)13-5-3-9-15(13)10-11-7-8-11/h11-13H,1-10H2. The molecule has 2 nitrogen and oxygen atoms in total. The maximum absolute atomic E-state index is 12.0. The van der Waals surface area contributed by atoms with Gasteiger partial charge in [-0.15, -0.1) is 0 Å². The SMILES string of the molecule is O=C1CCCCC1C1CCCN1CC1CC1. The first-order valence-electron chi connectivity index (χ1n) is 7.11. The molecule has 3 rings (SSSR count). The Bertz CT molecular complexity index is 272. The Balaban J connectivity index is 1.64. The van der Waals surface area contributed by atoms with Crippen LogP contribution in [0.4, 0.5) is 0 Å². The summed E-state index contributed by atoms with van der Waals surface area (Å²) >= 11 is 0. The molecule has 2 heteroatoms. The highest BCUT2D eigenvalue weighted by molar-refractivity contribution is 5.82. The van der Waals surface area contributed by atoms with E-state index in [1.165, 1.54) is 51.6 Å². The van der Waals surface area contributed by atoms with E-state index in [2.05, 4.69) is 4.90 Å². The second-order valence-corrected chi connectivity index (χ2v) is 5.97. The molecular weight excluding hydrogens is 198 g/mol. The molecule has 0 aromatic carbocycles. The fourth-order valence-electron chi connectivity index (χ4n) is 3.58. The molecular formula is C14H23NO. The zero-order valence-corrected chi connectivity index (χ0v) is 10.2. The molecule has 2 saturated carbocycles. The zero-order valence-electron chi connectivity index (χ0n) is 10.2. The predicted molar refractivity (Wildman–Crippen MR) is 64.3 cm³/mol. The van der Waals surface area contributed by atoms with Crippen LogP contribution >= 0.6 is 0 Å². The first-order valence-corrected chi connectivity index (χ1v) is 7.11. The molecule has 0 spiro atoms. The quantitative estimate of drug-likeness (QED) is 0.730. The van der Waals surface area contributed by atoms with E-state index in [1.807, 2.05) is 0 Å². The molecule has 1 saturated heterocycles. The molecule has 16 heavy (non-hydrogen) atoms. The van der Waals surface area contributed by atoms with Crippen LogP contribution in [0.3, 0.4) is 0 Å². The van der Waals surface area contributed by atoms with Crippen LogP contribution in [0.2, 0.25) is 0 Å². The molecule has 0 radical (unpaired) electrons. The summed E-state index contributed by atoms with van der Waals surface area (Å²) in [6.45, 7) is 2.54. The van der Waals surface area contributed by atoms with Gasteiger partial charge in [-0.3, -0.25) is 9.69 Å². The van der Waals surface area contributed by atoms with Gasteiger partial charge in [0.2, 0.25) is 0 Å². The average Bonchev–Trinajstić information content (AvgIpc) is 2.97. The summed E-state index contributed by atoms with van der Waals surface area (Å²) in [5.41, 5.74) is 0. The van der Waals surface area contributed by atoms with E-state index in [9.17, 15) is 4.79 Å². The van der Waals surface area contributed by atoms with Crippen LogP contribution in [-0.4, -0.2) is 29.8 Å². The molecule has 1 heterocycles. The lowest BCUT2D eigenvalue weighted by atomic mass is 9.82. The number of carbonyl (C=O) groups is 1. The van der Waals surface area contributed by atoms with Gasteiger partial charge in [0.1, 0.15) is 5.78 Å². The first kappa shape index (κ1) is 10.8. The fraction of sp³-hybridized carbons (Fsp3) is 0.929. The van der Waals surface area contributed by atoms with Crippen molar-refractivity contribution < 1.29 is 4.79 Å². The third-order valence-electron chi connectivity index (χ3n) is 4.67. The summed E-state index contributed by atoms with van der Waals surface area (Å²) in [4.78, 5) is 14.6. The van der Waals surface area contributed by atoms with Crippen LogP contribution in [-0.2, 0) is 4.79 Å². The number of Topliss-reactive ketones (excluding diaryl/α,β-unsaturated/α-hetero) is 1. The smallest absolute Gasteiger partial charge is 0.137 e. The predicted octanol–water partition coefficient (Wildman–Crippen LogP) is 2.62. The molecule has 90 valence electrons. The van der Waals surface area contributed by atoms with E-state index < -0.39 is 0 Å². The van der Waals surface area contributed by atoms with E-state index in [1.54, 1.807) is 0 Å². The molecule has 1 aliphatic heterocycles. The first-order chi connectivity index (χ1) is 7.84. The molecule has 0 amide bonds. The molecule has 0 aromatic heterocycles. The van der Waals surface area contributed by atoms with Crippen molar-refractivity contribution in [3.8, 4) is 0 Å². The minimum absolute atomic E-state index is 0.398. The van der Waals surface area contributed by atoms with Crippen molar-refractivity contribution in [2.24, 2.45) is 11.8 Å². The Labute approximate surface area is 98.4 Å². The highest BCUT2D eigenvalue weighted by Crippen LogP contribution is 2.36. The van der Waals surface area contributed by atoms with Gasteiger partial charge in [0, 0.05) is 24.9 Å². The van der Waals surface area contributed by atoms with Gasteiger partial charge < -0.3 is 0 Å². The Morgan fingerprint density at radius 2 is 1.94 bits per heavy atom. The molecule has 2 aliphatic carbocycles. The maximum atomic E-state index is 12.0. The number of likely N-dealkylation sites (tertiary alicyclic amines) is 1. The molecule has 0 N–H and O–H groups in total. The summed E-state index contributed by atoms with van der Waals surface area (Å²) in [5, 5.41) is 0. The van der Waals surface area contributed by atoms with E-state index in [4.69, 9.17) is 0 Å². The molecule has 2 unspecified atom stereocenters. The van der Waals surface area contributed by atoms with E-state index >= 15 is 0 Å². The molecule has 0 bridgehead atoms. The molecule has 0 aromatic rings. The van der Waals surface area contributed by atoms with Crippen LogP contribution in [0.15, 0.2) is 0 Å². The summed E-state index contributed by atoms with van der Waals surface area (Å²) < 4.78 is 0. The lowest BCUT2D eigenvalue weighted by molar-refractivity contribution is -0.126. The van der Waals surface area contributed by atoms with Gasteiger partial charge in [-0.25, -0.2) is 0 Å². The number of rotatable bonds is 3. The van der Waals surface area contributed by atoms with Crippen LogP contribution in [0, 0.1) is 11.8 Å². The van der Waals surface area contributed by atoms with Crippen molar-refractivity contribution in [1.82, 2.24) is 4.90 Å². The topological polar surface area (TPSA) is 20.3 Å². The van der Waals surface area contributed by atoms with Gasteiger partial charge in [-0.2, -0.15) is 0 Å². The van der Waals surface area contributed by atoms with E-state index in [0.717, 1.165) is 18.8 Å². The third kappa shape index (κ3) is 2.17. The summed E-state index contributed by atoms with van der Waals surface area (Å²) in [7, 11) is 0. The highest BCUT2D eigenvalue weighted by Gasteiger charge is 2.38. The van der Waals surface area contributed by atoms with E-state index in [-0.39, 0.29) is 0 Å². The van der Waals surface area contributed by atoms with Gasteiger partial charge in [0.25, 0.3) is 0 Å². The molecule has 2 atom stereocenters. The minimum atomic E-state index is 0.398. The summed E-state index contributed by atoms with van der Waals surface area (Å²) in [6.07, 6.45) is 9.92. The lowest BCUT2D eigenvalue weighted by Crippen LogP contribution is -2.41. The Kier molecular flexibility index (Phi) is 3.01.